The summed E-state index contributed by atoms with van der Waals surface area (Å²) >= 11 is 12.7. The lowest BCUT2D eigenvalue weighted by Gasteiger charge is -2.36. The summed E-state index contributed by atoms with van der Waals surface area (Å²) in [4.78, 5) is 8.50. The maximum Gasteiger partial charge on any atom is 0.191 e. The van der Waals surface area contributed by atoms with E-state index in [-0.39, 0.29) is 5.04 Å². The van der Waals surface area contributed by atoms with Gasteiger partial charge < -0.3 is 28.3 Å². The van der Waals surface area contributed by atoms with E-state index in [1.807, 2.05) is 42.8 Å². The number of aliphatic hydroxyl groups is 1. The van der Waals surface area contributed by atoms with Gasteiger partial charge in [0.05, 0.1) is 5.39 Å². The molecule has 0 amide bonds. The van der Waals surface area contributed by atoms with E-state index < -0.39 is 44.7 Å². The fourth-order valence-electron chi connectivity index (χ4n) is 5.12. The van der Waals surface area contributed by atoms with E-state index in [9.17, 15) is 5.11 Å². The molecule has 5 rings (SSSR count). The summed E-state index contributed by atoms with van der Waals surface area (Å²) in [6.45, 7) is 15.4. The van der Waals surface area contributed by atoms with Gasteiger partial charge >= 0.3 is 0 Å². The third kappa shape index (κ3) is 5.52. The summed E-state index contributed by atoms with van der Waals surface area (Å²) in [7, 11) is -1.92. The van der Waals surface area contributed by atoms with Crippen molar-refractivity contribution >= 4 is 42.6 Å². The van der Waals surface area contributed by atoms with E-state index in [2.05, 4.69) is 43.8 Å². The number of hydrogen-bond donors (Lipinski definition) is 1. The fourth-order valence-corrected chi connectivity index (χ4v) is 6.55. The number of rotatable bonds is 7. The van der Waals surface area contributed by atoms with Crippen molar-refractivity contribution < 1.29 is 23.7 Å². The molecule has 1 unspecified atom stereocenters. The van der Waals surface area contributed by atoms with Crippen molar-refractivity contribution in [1.82, 2.24) is 14.5 Å². The normalized spacial score (nSPS) is 25.8. The summed E-state index contributed by atoms with van der Waals surface area (Å²) in [5.41, 5.74) is 2.28. The molecule has 2 aliphatic rings. The highest BCUT2D eigenvalue weighted by Crippen LogP contribution is 2.47. The van der Waals surface area contributed by atoms with Crippen molar-refractivity contribution in [3.05, 3.63) is 58.1 Å². The zero-order chi connectivity index (χ0) is 28.3. The van der Waals surface area contributed by atoms with Gasteiger partial charge in [0.2, 0.25) is 0 Å². The second-order valence-electron chi connectivity index (χ2n) is 12.3. The monoisotopic (exact) mass is 593 g/mol. The molecule has 0 bridgehead atoms. The maximum atomic E-state index is 11.8. The predicted octanol–water partition coefficient (Wildman–Crippen LogP) is 6.45. The molecule has 212 valence electrons. The number of halogens is 2. The van der Waals surface area contributed by atoms with E-state index in [0.29, 0.717) is 34.2 Å². The lowest BCUT2D eigenvalue weighted by molar-refractivity contribution is -0.207. The smallest absolute Gasteiger partial charge is 0.191 e. The van der Waals surface area contributed by atoms with Crippen LogP contribution in [0, 0.1) is 0 Å². The van der Waals surface area contributed by atoms with Crippen LogP contribution in [0.4, 0.5) is 0 Å². The molecule has 4 heterocycles. The Morgan fingerprint density at radius 1 is 1.13 bits per heavy atom. The molecule has 5 atom stereocenters. The van der Waals surface area contributed by atoms with Crippen LogP contribution in [0.2, 0.25) is 28.3 Å². The Hall–Kier alpha value is -1.56. The van der Waals surface area contributed by atoms with Crippen LogP contribution in [0.1, 0.15) is 58.1 Å². The average Bonchev–Trinajstić information content (AvgIpc) is 3.49. The van der Waals surface area contributed by atoms with Crippen molar-refractivity contribution in [1.29, 1.82) is 0 Å². The van der Waals surface area contributed by atoms with Gasteiger partial charge in [0, 0.05) is 17.8 Å². The van der Waals surface area contributed by atoms with E-state index in [1.54, 1.807) is 6.07 Å². The molecule has 2 saturated heterocycles. The molecule has 0 spiro atoms. The molecule has 2 aromatic heterocycles. The van der Waals surface area contributed by atoms with Crippen LogP contribution in [0.15, 0.2) is 36.8 Å². The van der Waals surface area contributed by atoms with Crippen LogP contribution in [0.25, 0.3) is 11.0 Å². The largest absolute Gasteiger partial charge is 0.416 e. The van der Waals surface area contributed by atoms with Crippen LogP contribution in [-0.4, -0.2) is 58.7 Å². The van der Waals surface area contributed by atoms with Gasteiger partial charge in [-0.05, 0) is 67.7 Å². The van der Waals surface area contributed by atoms with Crippen molar-refractivity contribution in [3.63, 3.8) is 0 Å². The molecule has 0 radical (unpaired) electrons. The Kier molecular flexibility index (Phi) is 7.69. The molecular formula is C28H37Cl2N3O5Si. The van der Waals surface area contributed by atoms with E-state index in [4.69, 9.17) is 41.8 Å². The second kappa shape index (κ2) is 10.4. The maximum absolute atomic E-state index is 11.8. The molecular weight excluding hydrogens is 557 g/mol. The van der Waals surface area contributed by atoms with Crippen LogP contribution >= 0.6 is 23.2 Å². The number of aliphatic hydroxyl groups excluding tert-OH is 1. The Labute approximate surface area is 240 Å². The summed E-state index contributed by atoms with van der Waals surface area (Å²) in [6, 6.07) is 7.39. The highest BCUT2D eigenvalue weighted by Gasteiger charge is 2.58. The molecule has 8 nitrogen and oxygen atoms in total. The second-order valence-corrected chi connectivity index (χ2v) is 17.9. The first-order valence-corrected chi connectivity index (χ1v) is 16.9. The highest BCUT2D eigenvalue weighted by molar-refractivity contribution is 6.74. The van der Waals surface area contributed by atoms with Crippen LogP contribution < -0.4 is 0 Å². The minimum absolute atomic E-state index is 0.107. The van der Waals surface area contributed by atoms with Gasteiger partial charge in [0.15, 0.2) is 20.3 Å². The molecule has 0 aliphatic carbocycles. The zero-order valence-electron chi connectivity index (χ0n) is 23.4. The minimum Gasteiger partial charge on any atom is -0.416 e. The molecule has 1 N–H and O–H groups in total. The molecule has 1 aromatic carbocycles. The van der Waals surface area contributed by atoms with Crippen molar-refractivity contribution in [2.75, 3.05) is 6.61 Å². The molecule has 2 fully saturated rings. The number of hydrogen-bond acceptors (Lipinski definition) is 7. The summed E-state index contributed by atoms with van der Waals surface area (Å²) < 4.78 is 27.4. The van der Waals surface area contributed by atoms with Gasteiger partial charge in [-0.2, -0.15) is 0 Å². The van der Waals surface area contributed by atoms with Crippen LogP contribution in [0.3, 0.4) is 0 Å². The summed E-state index contributed by atoms with van der Waals surface area (Å²) in [5.74, 6) is -0.843. The van der Waals surface area contributed by atoms with Gasteiger partial charge in [-0.15, -0.1) is 0 Å². The first-order chi connectivity index (χ1) is 18.2. The number of fused-ring (bicyclic) bond motifs is 2. The number of nitrogens with zero attached hydrogens (tertiary/aromatic N) is 3. The van der Waals surface area contributed by atoms with Gasteiger partial charge in [-0.1, -0.05) is 50.0 Å². The van der Waals surface area contributed by atoms with Gasteiger partial charge in [-0.25, -0.2) is 9.97 Å². The Morgan fingerprint density at radius 3 is 2.56 bits per heavy atom. The minimum atomic E-state index is -1.92. The SMILES string of the molecule is CC1(C)O[C@@H]2[C@H](O1)[C@@H](C(O)c1ccc(Cl)cc1CCO[Si](C)(C)C(C)(C)C)O[C@H]2n1ccc2c(Cl)ncnc21. The molecule has 2 aliphatic heterocycles. The standard InChI is InChI=1S/C28H37Cl2N3O5Si/c1-27(2,3)39(6,7)35-13-11-16-14-17(29)8-9-18(16)20(34)21-22-23(38-28(4,5)37-22)26(36-21)33-12-10-19-24(30)31-15-32-25(19)33/h8-10,12,14-15,20-23,26,34H,11,13H2,1-7H3/t20?,21-,22-,23-,26-/m1/s1. The number of aromatic nitrogens is 3. The lowest BCUT2D eigenvalue weighted by atomic mass is 9.94. The van der Waals surface area contributed by atoms with Crippen molar-refractivity contribution in [2.45, 2.75) is 95.6 Å². The van der Waals surface area contributed by atoms with Gasteiger partial charge in [0.1, 0.15) is 41.5 Å². The first-order valence-electron chi connectivity index (χ1n) is 13.3. The van der Waals surface area contributed by atoms with Crippen LogP contribution in [0.5, 0.6) is 0 Å². The van der Waals surface area contributed by atoms with E-state index >= 15 is 0 Å². The van der Waals surface area contributed by atoms with Gasteiger partial charge in [0.25, 0.3) is 0 Å². The molecule has 0 saturated carbocycles. The fraction of sp³-hybridized carbons (Fsp3) is 0.571. The number of benzene rings is 1. The Balaban J connectivity index is 1.43. The molecule has 11 heteroatoms. The Morgan fingerprint density at radius 2 is 1.85 bits per heavy atom. The van der Waals surface area contributed by atoms with E-state index in [1.165, 1.54) is 6.33 Å². The third-order valence-corrected chi connectivity index (χ3v) is 13.2. The molecule has 39 heavy (non-hydrogen) atoms. The quantitative estimate of drug-likeness (QED) is 0.248. The molecule has 3 aromatic rings. The zero-order valence-corrected chi connectivity index (χ0v) is 26.0. The summed E-state index contributed by atoms with van der Waals surface area (Å²) in [6.07, 6.45) is 0.632. The third-order valence-electron chi connectivity index (χ3n) is 8.18. The van der Waals surface area contributed by atoms with E-state index in [0.717, 1.165) is 11.1 Å². The van der Waals surface area contributed by atoms with Crippen LogP contribution in [-0.2, 0) is 25.1 Å². The highest BCUT2D eigenvalue weighted by atomic mass is 35.5. The van der Waals surface area contributed by atoms with Crippen molar-refractivity contribution in [3.8, 4) is 0 Å². The summed E-state index contributed by atoms with van der Waals surface area (Å²) in [5, 5.41) is 13.6. The van der Waals surface area contributed by atoms with Gasteiger partial charge in [-0.3, -0.25) is 0 Å². The lowest BCUT2D eigenvalue weighted by Crippen LogP contribution is -2.41. The Bertz CT molecular complexity index is 1360. The topological polar surface area (TPSA) is 87.9 Å². The predicted molar refractivity (Wildman–Crippen MR) is 154 cm³/mol. The first kappa shape index (κ1) is 28.9. The number of ether oxygens (including phenoxy) is 3. The van der Waals surface area contributed by atoms with Crippen molar-refractivity contribution in [2.24, 2.45) is 0 Å². The average molecular weight is 595 g/mol.